The molecule has 1 rings (SSSR count). The third-order valence-electron chi connectivity index (χ3n) is 3.78. The SMILES string of the molecule is CN(C)CC(C)(C)CNC(=O)[C@@H]1CCC[C@@H]1CN.Cl.Cl. The summed E-state index contributed by atoms with van der Waals surface area (Å²) in [5.74, 6) is 0.738. The molecule has 1 aliphatic rings. The molecule has 1 fully saturated rings. The fourth-order valence-electron chi connectivity index (χ4n) is 3.03. The smallest absolute Gasteiger partial charge is 0.223 e. The number of nitrogens with zero attached hydrogens (tertiary/aromatic N) is 1. The normalized spacial score (nSPS) is 22.1. The van der Waals surface area contributed by atoms with Crippen LogP contribution in [-0.4, -0.2) is 44.5 Å². The Balaban J connectivity index is 0. The predicted molar refractivity (Wildman–Crippen MR) is 89.7 cm³/mol. The van der Waals surface area contributed by atoms with E-state index in [9.17, 15) is 4.79 Å². The first-order valence-electron chi connectivity index (χ1n) is 6.98. The first-order valence-corrected chi connectivity index (χ1v) is 6.98. The van der Waals surface area contributed by atoms with Crippen LogP contribution in [0.15, 0.2) is 0 Å². The van der Waals surface area contributed by atoms with Crippen molar-refractivity contribution in [2.24, 2.45) is 23.0 Å². The topological polar surface area (TPSA) is 58.4 Å². The van der Waals surface area contributed by atoms with E-state index in [1.54, 1.807) is 0 Å². The van der Waals surface area contributed by atoms with Crippen LogP contribution in [0.1, 0.15) is 33.1 Å². The minimum absolute atomic E-state index is 0. The van der Waals surface area contributed by atoms with E-state index in [2.05, 4.69) is 38.2 Å². The third-order valence-corrected chi connectivity index (χ3v) is 3.78. The van der Waals surface area contributed by atoms with Crippen LogP contribution < -0.4 is 11.1 Å². The van der Waals surface area contributed by atoms with Gasteiger partial charge in [-0.1, -0.05) is 20.3 Å². The number of halogens is 2. The minimum atomic E-state index is 0. The fourth-order valence-corrected chi connectivity index (χ4v) is 3.03. The fraction of sp³-hybridized carbons (Fsp3) is 0.929. The molecule has 0 bridgehead atoms. The summed E-state index contributed by atoms with van der Waals surface area (Å²) >= 11 is 0. The van der Waals surface area contributed by atoms with Crippen molar-refractivity contribution < 1.29 is 4.79 Å². The highest BCUT2D eigenvalue weighted by molar-refractivity contribution is 5.85. The predicted octanol–water partition coefficient (Wildman–Crippen LogP) is 1.91. The number of nitrogens with two attached hydrogens (primary N) is 1. The van der Waals surface area contributed by atoms with Gasteiger partial charge in [-0.15, -0.1) is 24.8 Å². The molecule has 4 nitrogen and oxygen atoms in total. The number of hydrogen-bond acceptors (Lipinski definition) is 3. The van der Waals surface area contributed by atoms with Crippen molar-refractivity contribution in [2.75, 3.05) is 33.7 Å². The lowest BCUT2D eigenvalue weighted by atomic mass is 9.91. The molecule has 1 amide bonds. The van der Waals surface area contributed by atoms with Gasteiger partial charge in [0.1, 0.15) is 0 Å². The van der Waals surface area contributed by atoms with Gasteiger partial charge in [0.2, 0.25) is 5.91 Å². The van der Waals surface area contributed by atoms with Crippen molar-refractivity contribution >= 4 is 30.7 Å². The van der Waals surface area contributed by atoms with Crippen LogP contribution in [0.5, 0.6) is 0 Å². The summed E-state index contributed by atoms with van der Waals surface area (Å²) < 4.78 is 0. The Morgan fingerprint density at radius 2 is 1.90 bits per heavy atom. The molecule has 0 heterocycles. The highest BCUT2D eigenvalue weighted by Crippen LogP contribution is 2.31. The van der Waals surface area contributed by atoms with Crippen LogP contribution in [0.4, 0.5) is 0 Å². The minimum Gasteiger partial charge on any atom is -0.355 e. The summed E-state index contributed by atoms with van der Waals surface area (Å²) in [5.41, 5.74) is 5.83. The van der Waals surface area contributed by atoms with Crippen molar-refractivity contribution in [3.8, 4) is 0 Å². The van der Waals surface area contributed by atoms with E-state index in [-0.39, 0.29) is 42.1 Å². The van der Waals surface area contributed by atoms with Gasteiger partial charge in [0, 0.05) is 19.0 Å². The van der Waals surface area contributed by atoms with E-state index < -0.39 is 0 Å². The van der Waals surface area contributed by atoms with Crippen molar-refractivity contribution in [1.29, 1.82) is 0 Å². The molecule has 3 N–H and O–H groups in total. The maximum absolute atomic E-state index is 12.2. The molecule has 1 aliphatic carbocycles. The lowest BCUT2D eigenvalue weighted by Crippen LogP contribution is -2.43. The summed E-state index contributed by atoms with van der Waals surface area (Å²) in [6.45, 7) is 6.71. The van der Waals surface area contributed by atoms with Gasteiger partial charge in [0.15, 0.2) is 0 Å². The zero-order valence-corrected chi connectivity index (χ0v) is 14.8. The molecule has 0 aliphatic heterocycles. The van der Waals surface area contributed by atoms with Gasteiger partial charge in [-0.2, -0.15) is 0 Å². The molecule has 0 radical (unpaired) electrons. The molecule has 6 heteroatoms. The Bertz CT molecular complexity index is 286. The second-order valence-electron chi connectivity index (χ2n) is 6.65. The van der Waals surface area contributed by atoms with Crippen LogP contribution >= 0.6 is 24.8 Å². The standard InChI is InChI=1S/C14H29N3O.2ClH/c1-14(2,10-17(3)4)9-16-13(18)12-7-5-6-11(12)8-15;;/h11-12H,5-10,15H2,1-4H3,(H,16,18);2*1H/t11-,12-;;/m1../s1. The first kappa shape index (κ1) is 22.3. The van der Waals surface area contributed by atoms with E-state index in [1.165, 1.54) is 0 Å². The van der Waals surface area contributed by atoms with E-state index in [1.807, 2.05) is 0 Å². The van der Waals surface area contributed by atoms with Crippen molar-refractivity contribution in [3.05, 3.63) is 0 Å². The summed E-state index contributed by atoms with van der Waals surface area (Å²) in [6.07, 6.45) is 3.25. The van der Waals surface area contributed by atoms with Crippen LogP contribution in [0.2, 0.25) is 0 Å². The summed E-state index contributed by atoms with van der Waals surface area (Å²) in [4.78, 5) is 14.3. The van der Waals surface area contributed by atoms with Gasteiger partial charge in [0.25, 0.3) is 0 Å². The lowest BCUT2D eigenvalue weighted by Gasteiger charge is -2.29. The first-order chi connectivity index (χ1) is 8.35. The number of nitrogens with one attached hydrogen (secondary N) is 1. The zero-order chi connectivity index (χ0) is 13.8. The van der Waals surface area contributed by atoms with Gasteiger partial charge in [0.05, 0.1) is 0 Å². The van der Waals surface area contributed by atoms with Gasteiger partial charge >= 0.3 is 0 Å². The van der Waals surface area contributed by atoms with E-state index >= 15 is 0 Å². The van der Waals surface area contributed by atoms with Gasteiger partial charge in [-0.25, -0.2) is 0 Å². The van der Waals surface area contributed by atoms with Gasteiger partial charge in [-0.3, -0.25) is 4.79 Å². The molecule has 122 valence electrons. The summed E-state index contributed by atoms with van der Waals surface area (Å²) in [6, 6.07) is 0. The summed E-state index contributed by atoms with van der Waals surface area (Å²) in [5, 5.41) is 3.11. The Hall–Kier alpha value is -0.0300. The van der Waals surface area contributed by atoms with Crippen molar-refractivity contribution in [2.45, 2.75) is 33.1 Å². The maximum Gasteiger partial charge on any atom is 0.223 e. The van der Waals surface area contributed by atoms with Gasteiger partial charge < -0.3 is 16.0 Å². The molecule has 0 unspecified atom stereocenters. The quantitative estimate of drug-likeness (QED) is 0.783. The van der Waals surface area contributed by atoms with Crippen molar-refractivity contribution in [3.63, 3.8) is 0 Å². The lowest BCUT2D eigenvalue weighted by molar-refractivity contribution is -0.126. The molecule has 20 heavy (non-hydrogen) atoms. The molecule has 0 saturated heterocycles. The summed E-state index contributed by atoms with van der Waals surface area (Å²) in [7, 11) is 4.12. The molecule has 1 saturated carbocycles. The van der Waals surface area contributed by atoms with E-state index in [4.69, 9.17) is 5.73 Å². The second-order valence-corrected chi connectivity index (χ2v) is 6.65. The molecular weight excluding hydrogens is 297 g/mol. The average Bonchev–Trinajstić information content (AvgIpc) is 2.72. The monoisotopic (exact) mass is 327 g/mol. The van der Waals surface area contributed by atoms with Crippen molar-refractivity contribution in [1.82, 2.24) is 10.2 Å². The largest absolute Gasteiger partial charge is 0.355 e. The second kappa shape index (κ2) is 9.82. The van der Waals surface area contributed by atoms with Crippen LogP contribution in [-0.2, 0) is 4.79 Å². The number of rotatable bonds is 6. The number of amides is 1. The average molecular weight is 328 g/mol. The Morgan fingerprint density at radius 3 is 2.40 bits per heavy atom. The highest BCUT2D eigenvalue weighted by atomic mass is 35.5. The van der Waals surface area contributed by atoms with E-state index in [0.717, 1.165) is 32.4 Å². The molecular formula is C14H31Cl2N3O. The molecule has 0 spiro atoms. The molecule has 0 aromatic rings. The van der Waals surface area contributed by atoms with Crippen LogP contribution in [0, 0.1) is 17.3 Å². The van der Waals surface area contributed by atoms with Gasteiger partial charge in [-0.05, 0) is 44.8 Å². The van der Waals surface area contributed by atoms with Crippen LogP contribution in [0.3, 0.4) is 0 Å². The Kier molecular flexibility index (Phi) is 10.9. The maximum atomic E-state index is 12.2. The number of carbonyl (C=O) groups is 1. The number of carbonyl (C=O) groups excluding carboxylic acids is 1. The Labute approximate surface area is 136 Å². The third kappa shape index (κ3) is 7.11. The number of hydrogen-bond donors (Lipinski definition) is 2. The van der Waals surface area contributed by atoms with Crippen LogP contribution in [0.25, 0.3) is 0 Å². The molecule has 0 aromatic carbocycles. The zero-order valence-electron chi connectivity index (χ0n) is 13.1. The Morgan fingerprint density at radius 1 is 1.30 bits per heavy atom. The van der Waals surface area contributed by atoms with E-state index in [0.29, 0.717) is 12.5 Å². The highest BCUT2D eigenvalue weighted by Gasteiger charge is 2.32. The molecule has 0 aromatic heterocycles. The molecule has 2 atom stereocenters.